The number of nitrogens with one attached hydrogen (secondary N) is 1. The summed E-state index contributed by atoms with van der Waals surface area (Å²) >= 11 is 0. The van der Waals surface area contributed by atoms with Gasteiger partial charge in [0.15, 0.2) is 0 Å². The number of anilines is 1. The molecule has 20 heavy (non-hydrogen) atoms. The molecule has 3 nitrogen and oxygen atoms in total. The minimum atomic E-state index is -0.652. The number of amides is 1. The highest BCUT2D eigenvalue weighted by Crippen LogP contribution is 2.21. The standard InChI is InChI=1S/C15H20F2N2O/c1-19(14-5-3-2-4-6-14)15(20)10-18-13-8-11(16)7-12(17)9-13/h7-9,14,18H,2-6,10H2,1H3. The van der Waals surface area contributed by atoms with Gasteiger partial charge in [-0.3, -0.25) is 4.79 Å². The average Bonchev–Trinajstić information content (AvgIpc) is 2.44. The summed E-state index contributed by atoms with van der Waals surface area (Å²) in [6, 6.07) is 3.46. The van der Waals surface area contributed by atoms with E-state index < -0.39 is 11.6 Å². The molecule has 2 rings (SSSR count). The molecule has 1 aromatic rings. The van der Waals surface area contributed by atoms with E-state index in [4.69, 9.17) is 0 Å². The zero-order chi connectivity index (χ0) is 14.5. The lowest BCUT2D eigenvalue weighted by molar-refractivity contribution is -0.130. The Kier molecular flexibility index (Phi) is 4.93. The van der Waals surface area contributed by atoms with Gasteiger partial charge in [0, 0.05) is 24.8 Å². The number of hydrogen-bond donors (Lipinski definition) is 1. The molecule has 0 spiro atoms. The highest BCUT2D eigenvalue weighted by atomic mass is 19.1. The van der Waals surface area contributed by atoms with Gasteiger partial charge in [-0.05, 0) is 25.0 Å². The lowest BCUT2D eigenvalue weighted by atomic mass is 9.94. The minimum Gasteiger partial charge on any atom is -0.376 e. The van der Waals surface area contributed by atoms with Crippen molar-refractivity contribution in [3.05, 3.63) is 29.8 Å². The third-order valence-electron chi connectivity index (χ3n) is 3.82. The fraction of sp³-hybridized carbons (Fsp3) is 0.533. The van der Waals surface area contributed by atoms with E-state index >= 15 is 0 Å². The van der Waals surface area contributed by atoms with E-state index in [1.807, 2.05) is 0 Å². The van der Waals surface area contributed by atoms with Crippen molar-refractivity contribution < 1.29 is 13.6 Å². The van der Waals surface area contributed by atoms with Gasteiger partial charge in [-0.2, -0.15) is 0 Å². The zero-order valence-electron chi connectivity index (χ0n) is 11.7. The highest BCUT2D eigenvalue weighted by molar-refractivity contribution is 5.80. The molecule has 1 aromatic carbocycles. The second-order valence-electron chi connectivity index (χ2n) is 5.31. The van der Waals surface area contributed by atoms with Crippen LogP contribution in [0.25, 0.3) is 0 Å². The van der Waals surface area contributed by atoms with Crippen LogP contribution in [0.4, 0.5) is 14.5 Å². The van der Waals surface area contributed by atoms with E-state index in [0.717, 1.165) is 31.7 Å². The van der Waals surface area contributed by atoms with Crippen molar-refractivity contribution >= 4 is 11.6 Å². The number of carbonyl (C=O) groups is 1. The van der Waals surface area contributed by atoms with E-state index in [-0.39, 0.29) is 18.1 Å². The van der Waals surface area contributed by atoms with E-state index in [0.29, 0.717) is 6.04 Å². The topological polar surface area (TPSA) is 32.3 Å². The molecule has 0 unspecified atom stereocenters. The Morgan fingerprint density at radius 1 is 1.20 bits per heavy atom. The van der Waals surface area contributed by atoms with Crippen molar-refractivity contribution in [3.63, 3.8) is 0 Å². The van der Waals surface area contributed by atoms with Crippen LogP contribution in [-0.4, -0.2) is 30.4 Å². The Bertz CT molecular complexity index is 453. The molecule has 1 saturated carbocycles. The molecule has 0 heterocycles. The molecule has 0 bridgehead atoms. The van der Waals surface area contributed by atoms with Gasteiger partial charge in [0.1, 0.15) is 11.6 Å². The molecule has 1 N–H and O–H groups in total. The normalized spacial score (nSPS) is 15.9. The van der Waals surface area contributed by atoms with Gasteiger partial charge in [0.05, 0.1) is 6.54 Å². The quantitative estimate of drug-likeness (QED) is 0.920. The van der Waals surface area contributed by atoms with Crippen molar-refractivity contribution in [3.8, 4) is 0 Å². The summed E-state index contributed by atoms with van der Waals surface area (Å²) in [6.07, 6.45) is 5.63. The predicted octanol–water partition coefficient (Wildman–Crippen LogP) is 3.17. The maximum Gasteiger partial charge on any atom is 0.241 e. The maximum atomic E-state index is 13.0. The first-order valence-electron chi connectivity index (χ1n) is 7.02. The van der Waals surface area contributed by atoms with E-state index in [2.05, 4.69) is 5.32 Å². The first kappa shape index (κ1) is 14.8. The van der Waals surface area contributed by atoms with E-state index in [1.165, 1.54) is 18.6 Å². The molecule has 1 aliphatic carbocycles. The van der Waals surface area contributed by atoms with Crippen LogP contribution >= 0.6 is 0 Å². The number of likely N-dealkylation sites (N-methyl/N-ethyl adjacent to an activating group) is 1. The predicted molar refractivity (Wildman–Crippen MR) is 74.5 cm³/mol. The molecule has 110 valence electrons. The Morgan fingerprint density at radius 3 is 2.40 bits per heavy atom. The lowest BCUT2D eigenvalue weighted by Crippen LogP contribution is -2.41. The number of hydrogen-bond acceptors (Lipinski definition) is 2. The Labute approximate surface area is 118 Å². The third kappa shape index (κ3) is 3.92. The highest BCUT2D eigenvalue weighted by Gasteiger charge is 2.21. The van der Waals surface area contributed by atoms with Gasteiger partial charge < -0.3 is 10.2 Å². The van der Waals surface area contributed by atoms with Gasteiger partial charge in [-0.25, -0.2) is 8.78 Å². The number of rotatable bonds is 4. The molecule has 0 radical (unpaired) electrons. The second-order valence-corrected chi connectivity index (χ2v) is 5.31. The van der Waals surface area contributed by atoms with Crippen LogP contribution in [0.2, 0.25) is 0 Å². The molecule has 0 saturated heterocycles. The van der Waals surface area contributed by atoms with Crippen molar-refractivity contribution in [2.45, 2.75) is 38.1 Å². The van der Waals surface area contributed by atoms with Gasteiger partial charge in [0.25, 0.3) is 0 Å². The first-order valence-corrected chi connectivity index (χ1v) is 7.02. The van der Waals surface area contributed by atoms with Crippen molar-refractivity contribution in [1.29, 1.82) is 0 Å². The van der Waals surface area contributed by atoms with Gasteiger partial charge in [-0.15, -0.1) is 0 Å². The smallest absolute Gasteiger partial charge is 0.241 e. The van der Waals surface area contributed by atoms with Crippen LogP contribution in [0.1, 0.15) is 32.1 Å². The van der Waals surface area contributed by atoms with Crippen LogP contribution < -0.4 is 5.32 Å². The van der Waals surface area contributed by atoms with Crippen molar-refractivity contribution in [2.75, 3.05) is 18.9 Å². The van der Waals surface area contributed by atoms with E-state index in [9.17, 15) is 13.6 Å². The van der Waals surface area contributed by atoms with Crippen LogP contribution in [0.3, 0.4) is 0 Å². The monoisotopic (exact) mass is 282 g/mol. The van der Waals surface area contributed by atoms with Gasteiger partial charge in [-0.1, -0.05) is 19.3 Å². The summed E-state index contributed by atoms with van der Waals surface area (Å²) in [5, 5.41) is 2.77. The molecule has 5 heteroatoms. The largest absolute Gasteiger partial charge is 0.376 e. The fourth-order valence-corrected chi connectivity index (χ4v) is 2.63. The average molecular weight is 282 g/mol. The first-order chi connectivity index (χ1) is 9.56. The Balaban J connectivity index is 1.87. The van der Waals surface area contributed by atoms with E-state index in [1.54, 1.807) is 11.9 Å². The molecule has 1 aliphatic rings. The lowest BCUT2D eigenvalue weighted by Gasteiger charge is -2.31. The second kappa shape index (κ2) is 6.68. The van der Waals surface area contributed by atoms with Crippen LogP contribution in [0, 0.1) is 11.6 Å². The van der Waals surface area contributed by atoms with Crippen molar-refractivity contribution in [2.24, 2.45) is 0 Å². The number of nitrogens with zero attached hydrogens (tertiary/aromatic N) is 1. The van der Waals surface area contributed by atoms with Crippen LogP contribution in [0.15, 0.2) is 18.2 Å². The van der Waals surface area contributed by atoms with Gasteiger partial charge in [0.2, 0.25) is 5.91 Å². The Morgan fingerprint density at radius 2 is 1.80 bits per heavy atom. The minimum absolute atomic E-state index is 0.0515. The molecule has 1 amide bonds. The molecule has 1 fully saturated rings. The third-order valence-corrected chi connectivity index (χ3v) is 3.82. The summed E-state index contributed by atoms with van der Waals surface area (Å²) < 4.78 is 26.1. The maximum absolute atomic E-state index is 13.0. The summed E-state index contributed by atoms with van der Waals surface area (Å²) in [5.41, 5.74) is 0.285. The SMILES string of the molecule is CN(C(=O)CNc1cc(F)cc(F)c1)C1CCCCC1. The Hall–Kier alpha value is -1.65. The number of carbonyl (C=O) groups excluding carboxylic acids is 1. The van der Waals surface area contributed by atoms with Crippen LogP contribution in [0.5, 0.6) is 0 Å². The van der Waals surface area contributed by atoms with Gasteiger partial charge >= 0.3 is 0 Å². The van der Waals surface area contributed by atoms with Crippen LogP contribution in [-0.2, 0) is 4.79 Å². The molecule has 0 aromatic heterocycles. The summed E-state index contributed by atoms with van der Waals surface area (Å²) in [5.74, 6) is -1.36. The molecular formula is C15H20F2N2O. The van der Waals surface area contributed by atoms with Crippen molar-refractivity contribution in [1.82, 2.24) is 4.90 Å². The zero-order valence-corrected chi connectivity index (χ0v) is 11.7. The summed E-state index contributed by atoms with van der Waals surface area (Å²) in [4.78, 5) is 13.8. The summed E-state index contributed by atoms with van der Waals surface area (Å²) in [6.45, 7) is 0.0515. The molecule has 0 aliphatic heterocycles. The number of benzene rings is 1. The number of halogens is 2. The summed E-state index contributed by atoms with van der Waals surface area (Å²) in [7, 11) is 1.80. The fourth-order valence-electron chi connectivity index (χ4n) is 2.63. The molecular weight excluding hydrogens is 262 g/mol. The molecule has 0 atom stereocenters.